The molecular weight excluding hydrogens is 368 g/mol. The minimum atomic E-state index is -0.141. The van der Waals surface area contributed by atoms with Crippen LogP contribution in [-0.4, -0.2) is 48.3 Å². The number of aromatic amines is 1. The molecule has 2 fully saturated rings. The van der Waals surface area contributed by atoms with E-state index in [1.807, 2.05) is 30.0 Å². The Labute approximate surface area is 171 Å². The van der Waals surface area contributed by atoms with Crippen molar-refractivity contribution in [1.82, 2.24) is 9.88 Å². The first kappa shape index (κ1) is 20.1. The predicted octanol–water partition coefficient (Wildman–Crippen LogP) is 3.16. The van der Waals surface area contributed by atoms with Crippen molar-refractivity contribution in [2.75, 3.05) is 26.4 Å². The van der Waals surface area contributed by atoms with Crippen LogP contribution in [0.3, 0.4) is 0 Å². The Bertz CT molecular complexity index is 911. The van der Waals surface area contributed by atoms with E-state index in [4.69, 9.17) is 9.47 Å². The van der Waals surface area contributed by atoms with Gasteiger partial charge >= 0.3 is 0 Å². The molecule has 1 atom stereocenters. The van der Waals surface area contributed by atoms with Crippen molar-refractivity contribution in [2.24, 2.45) is 5.92 Å². The van der Waals surface area contributed by atoms with Gasteiger partial charge in [0, 0.05) is 23.5 Å². The van der Waals surface area contributed by atoms with E-state index in [2.05, 4.69) is 11.1 Å². The first-order valence-corrected chi connectivity index (χ1v) is 10.7. The number of aryl methyl sites for hydroxylation is 1. The fourth-order valence-corrected chi connectivity index (χ4v) is 4.42. The SMILES string of the molecule is Cc1ccc2[nH]c(=O)c(CN(CC3COCCO3)C(=O)C3CCCCC3)cc2c1. The molecule has 0 bridgehead atoms. The second-order valence-corrected chi connectivity index (χ2v) is 8.34. The molecule has 1 unspecified atom stereocenters. The lowest BCUT2D eigenvalue weighted by Gasteiger charge is -2.33. The average Bonchev–Trinajstić information content (AvgIpc) is 2.75. The number of benzene rings is 1. The van der Waals surface area contributed by atoms with Crippen molar-refractivity contribution in [3.05, 3.63) is 45.7 Å². The van der Waals surface area contributed by atoms with Gasteiger partial charge in [-0.25, -0.2) is 0 Å². The van der Waals surface area contributed by atoms with E-state index in [0.29, 0.717) is 38.5 Å². The number of H-pyrrole nitrogens is 1. The number of nitrogens with one attached hydrogen (secondary N) is 1. The van der Waals surface area contributed by atoms with Crippen LogP contribution in [0, 0.1) is 12.8 Å². The number of ether oxygens (including phenoxy) is 2. The maximum Gasteiger partial charge on any atom is 0.253 e. The van der Waals surface area contributed by atoms with Gasteiger partial charge in [0.25, 0.3) is 5.56 Å². The van der Waals surface area contributed by atoms with Gasteiger partial charge < -0.3 is 19.4 Å². The number of rotatable bonds is 5. The smallest absolute Gasteiger partial charge is 0.253 e. The van der Waals surface area contributed by atoms with Gasteiger partial charge in [-0.15, -0.1) is 0 Å². The first-order chi connectivity index (χ1) is 14.1. The van der Waals surface area contributed by atoms with E-state index in [9.17, 15) is 9.59 Å². The van der Waals surface area contributed by atoms with Crippen molar-refractivity contribution in [2.45, 2.75) is 51.7 Å². The van der Waals surface area contributed by atoms with Gasteiger partial charge in [0.05, 0.1) is 32.5 Å². The maximum absolute atomic E-state index is 13.3. The Morgan fingerprint density at radius 3 is 2.76 bits per heavy atom. The summed E-state index contributed by atoms with van der Waals surface area (Å²) in [6.07, 6.45) is 5.13. The van der Waals surface area contributed by atoms with Crippen LogP contribution in [0.25, 0.3) is 10.9 Å². The Hall–Kier alpha value is -2.18. The molecule has 1 aliphatic heterocycles. The molecule has 156 valence electrons. The standard InChI is InChI=1S/C23H30N2O4/c1-16-7-8-21-18(11-16)12-19(22(26)24-21)13-25(14-20-15-28-9-10-29-20)23(27)17-5-3-2-4-6-17/h7-8,11-12,17,20H,2-6,9-10,13-15H2,1H3,(H,24,26). The highest BCUT2D eigenvalue weighted by Gasteiger charge is 2.29. The summed E-state index contributed by atoms with van der Waals surface area (Å²) in [6.45, 7) is 4.42. The predicted molar refractivity (Wildman–Crippen MR) is 112 cm³/mol. The number of pyridine rings is 1. The van der Waals surface area contributed by atoms with E-state index >= 15 is 0 Å². The third kappa shape index (κ3) is 4.87. The minimum Gasteiger partial charge on any atom is -0.376 e. The summed E-state index contributed by atoms with van der Waals surface area (Å²) in [5.41, 5.74) is 2.43. The summed E-state index contributed by atoms with van der Waals surface area (Å²) < 4.78 is 11.3. The Morgan fingerprint density at radius 2 is 2.00 bits per heavy atom. The van der Waals surface area contributed by atoms with Crippen LogP contribution in [-0.2, 0) is 20.8 Å². The van der Waals surface area contributed by atoms with Crippen molar-refractivity contribution in [3.63, 3.8) is 0 Å². The summed E-state index contributed by atoms with van der Waals surface area (Å²) in [7, 11) is 0. The summed E-state index contributed by atoms with van der Waals surface area (Å²) in [4.78, 5) is 30.8. The lowest BCUT2D eigenvalue weighted by molar-refractivity contribution is -0.144. The topological polar surface area (TPSA) is 71.6 Å². The molecule has 0 radical (unpaired) electrons. The molecular formula is C23H30N2O4. The number of hydrogen-bond acceptors (Lipinski definition) is 4. The molecule has 6 nitrogen and oxygen atoms in total. The number of aromatic nitrogens is 1. The second-order valence-electron chi connectivity index (χ2n) is 8.34. The highest BCUT2D eigenvalue weighted by molar-refractivity contribution is 5.81. The molecule has 1 aromatic carbocycles. The molecule has 0 spiro atoms. The monoisotopic (exact) mass is 398 g/mol. The van der Waals surface area contributed by atoms with E-state index < -0.39 is 0 Å². The second kappa shape index (κ2) is 9.09. The molecule has 1 amide bonds. The van der Waals surface area contributed by atoms with Crippen LogP contribution in [0.15, 0.2) is 29.1 Å². The minimum absolute atomic E-state index is 0.0510. The molecule has 1 aliphatic carbocycles. The highest BCUT2D eigenvalue weighted by atomic mass is 16.6. The summed E-state index contributed by atoms with van der Waals surface area (Å²) in [5.74, 6) is 0.192. The van der Waals surface area contributed by atoms with Gasteiger partial charge in [-0.05, 0) is 43.4 Å². The third-order valence-corrected chi connectivity index (χ3v) is 6.01. The number of carbonyl (C=O) groups is 1. The van der Waals surface area contributed by atoms with Gasteiger partial charge in [0.2, 0.25) is 5.91 Å². The lowest BCUT2D eigenvalue weighted by Crippen LogP contribution is -2.45. The molecule has 1 N–H and O–H groups in total. The van der Waals surface area contributed by atoms with Crippen LogP contribution in [0.4, 0.5) is 0 Å². The number of hydrogen-bond donors (Lipinski definition) is 1. The third-order valence-electron chi connectivity index (χ3n) is 6.01. The van der Waals surface area contributed by atoms with Gasteiger partial charge in [0.1, 0.15) is 0 Å². The molecule has 2 heterocycles. The zero-order valence-corrected chi connectivity index (χ0v) is 17.1. The zero-order valence-electron chi connectivity index (χ0n) is 17.1. The van der Waals surface area contributed by atoms with Crippen LogP contribution in [0.2, 0.25) is 0 Å². The molecule has 1 aromatic heterocycles. The zero-order chi connectivity index (χ0) is 20.2. The number of amides is 1. The lowest BCUT2D eigenvalue weighted by atomic mass is 9.88. The van der Waals surface area contributed by atoms with Gasteiger partial charge in [-0.1, -0.05) is 30.9 Å². The molecule has 2 aliphatic rings. The molecule has 2 aromatic rings. The maximum atomic E-state index is 13.3. The van der Waals surface area contributed by atoms with E-state index in [1.165, 1.54) is 6.42 Å². The fraction of sp³-hybridized carbons (Fsp3) is 0.565. The molecule has 4 rings (SSSR count). The summed E-state index contributed by atoms with van der Waals surface area (Å²) in [6, 6.07) is 7.88. The first-order valence-electron chi connectivity index (χ1n) is 10.7. The fourth-order valence-electron chi connectivity index (χ4n) is 4.42. The number of carbonyl (C=O) groups excluding carboxylic acids is 1. The van der Waals surface area contributed by atoms with Gasteiger partial charge in [-0.3, -0.25) is 9.59 Å². The Balaban J connectivity index is 1.59. The molecule has 1 saturated carbocycles. The van der Waals surface area contributed by atoms with E-state index in [0.717, 1.165) is 42.1 Å². The van der Waals surface area contributed by atoms with Crippen molar-refractivity contribution < 1.29 is 14.3 Å². The summed E-state index contributed by atoms with van der Waals surface area (Å²) in [5, 5.41) is 0.988. The normalized spacial score (nSPS) is 20.7. The molecule has 1 saturated heterocycles. The van der Waals surface area contributed by atoms with E-state index in [-0.39, 0.29) is 23.5 Å². The Kier molecular flexibility index (Phi) is 6.31. The van der Waals surface area contributed by atoms with Gasteiger partial charge in [-0.2, -0.15) is 0 Å². The van der Waals surface area contributed by atoms with Crippen molar-refractivity contribution in [1.29, 1.82) is 0 Å². The summed E-state index contributed by atoms with van der Waals surface area (Å²) >= 11 is 0. The van der Waals surface area contributed by atoms with Gasteiger partial charge in [0.15, 0.2) is 0 Å². The van der Waals surface area contributed by atoms with Crippen molar-refractivity contribution >= 4 is 16.8 Å². The van der Waals surface area contributed by atoms with Crippen LogP contribution in [0.5, 0.6) is 0 Å². The number of fused-ring (bicyclic) bond motifs is 1. The van der Waals surface area contributed by atoms with Crippen LogP contribution >= 0.6 is 0 Å². The van der Waals surface area contributed by atoms with Crippen LogP contribution < -0.4 is 5.56 Å². The van der Waals surface area contributed by atoms with E-state index in [1.54, 1.807) is 0 Å². The van der Waals surface area contributed by atoms with Crippen molar-refractivity contribution in [3.8, 4) is 0 Å². The largest absolute Gasteiger partial charge is 0.376 e. The molecule has 6 heteroatoms. The number of nitrogens with zero attached hydrogens (tertiary/aromatic N) is 1. The molecule has 29 heavy (non-hydrogen) atoms. The quantitative estimate of drug-likeness (QED) is 0.840. The highest BCUT2D eigenvalue weighted by Crippen LogP contribution is 2.26. The van der Waals surface area contributed by atoms with Crippen LogP contribution in [0.1, 0.15) is 43.2 Å². The average molecular weight is 399 g/mol. The Morgan fingerprint density at radius 1 is 1.17 bits per heavy atom.